The smallest absolute Gasteiger partial charge is 0.233 e. The molecule has 1 saturated carbocycles. The molecule has 0 unspecified atom stereocenters. The minimum absolute atomic E-state index is 0.139. The molecule has 1 amide bonds. The number of amides is 1. The number of carbonyl (C=O) groups is 1. The highest BCUT2D eigenvalue weighted by Crippen LogP contribution is 2.43. The second-order valence-corrected chi connectivity index (χ2v) is 6.28. The van der Waals surface area contributed by atoms with Crippen LogP contribution in [0.1, 0.15) is 51.0 Å². The quantitative estimate of drug-likeness (QED) is 0.868. The highest BCUT2D eigenvalue weighted by Gasteiger charge is 2.42. The molecule has 0 aromatic heterocycles. The molecule has 1 fully saturated rings. The maximum Gasteiger partial charge on any atom is 0.233 e. The number of nitrogens with two attached hydrogens (primary N) is 1. The Balaban J connectivity index is 2.26. The van der Waals surface area contributed by atoms with Gasteiger partial charge in [-0.1, -0.05) is 37.5 Å². The third kappa shape index (κ3) is 3.46. The molecule has 0 radical (unpaired) electrons. The third-order valence-electron chi connectivity index (χ3n) is 4.87. The fraction of sp³-hybridized carbons (Fsp3) is 0.611. The largest absolute Gasteiger partial charge is 0.330 e. The van der Waals surface area contributed by atoms with Gasteiger partial charge in [-0.3, -0.25) is 4.79 Å². The van der Waals surface area contributed by atoms with Crippen LogP contribution >= 0.6 is 0 Å². The molecule has 116 valence electrons. The summed E-state index contributed by atoms with van der Waals surface area (Å²) in [6, 6.07) is 8.26. The van der Waals surface area contributed by atoms with E-state index in [1.807, 2.05) is 4.90 Å². The summed E-state index contributed by atoms with van der Waals surface area (Å²) in [7, 11) is 0. The number of nitrogens with zero attached hydrogens (tertiary/aromatic N) is 1. The van der Waals surface area contributed by atoms with Gasteiger partial charge in [0.25, 0.3) is 0 Å². The molecule has 1 aromatic carbocycles. The van der Waals surface area contributed by atoms with Crippen LogP contribution in [-0.2, 0) is 4.79 Å². The normalized spacial score (nSPS) is 16.9. The predicted octanol–water partition coefficient (Wildman–Crippen LogP) is 3.65. The van der Waals surface area contributed by atoms with E-state index in [9.17, 15) is 4.79 Å². The van der Waals surface area contributed by atoms with Crippen molar-refractivity contribution in [1.82, 2.24) is 0 Å². The zero-order valence-electron chi connectivity index (χ0n) is 13.4. The number of aryl methyl sites for hydroxylation is 1. The molecule has 0 atom stereocenters. The molecular formula is C18H28N2O. The van der Waals surface area contributed by atoms with E-state index in [1.54, 1.807) is 0 Å². The highest BCUT2D eigenvalue weighted by atomic mass is 16.2. The average molecular weight is 288 g/mol. The average Bonchev–Trinajstić information content (AvgIpc) is 2.99. The first kappa shape index (κ1) is 16.0. The van der Waals surface area contributed by atoms with Crippen LogP contribution in [0, 0.1) is 12.3 Å². The summed E-state index contributed by atoms with van der Waals surface area (Å²) in [5.74, 6) is 0.305. The predicted molar refractivity (Wildman–Crippen MR) is 88.4 cm³/mol. The van der Waals surface area contributed by atoms with E-state index >= 15 is 0 Å². The number of benzene rings is 1. The van der Waals surface area contributed by atoms with E-state index in [1.165, 1.54) is 18.4 Å². The Labute approximate surface area is 128 Å². The maximum absolute atomic E-state index is 13.2. The molecule has 3 nitrogen and oxygen atoms in total. The van der Waals surface area contributed by atoms with Crippen LogP contribution in [0.5, 0.6) is 0 Å². The van der Waals surface area contributed by atoms with Gasteiger partial charge >= 0.3 is 0 Å². The van der Waals surface area contributed by atoms with Crippen molar-refractivity contribution >= 4 is 11.6 Å². The number of carbonyl (C=O) groups excluding carboxylic acids is 1. The van der Waals surface area contributed by atoms with Crippen LogP contribution in [0.25, 0.3) is 0 Å². The summed E-state index contributed by atoms with van der Waals surface area (Å²) in [5, 5.41) is 0. The summed E-state index contributed by atoms with van der Waals surface area (Å²) in [4.78, 5) is 15.1. The van der Waals surface area contributed by atoms with Gasteiger partial charge in [0.1, 0.15) is 0 Å². The summed E-state index contributed by atoms with van der Waals surface area (Å²) in [6.07, 6.45) is 6.22. The van der Waals surface area contributed by atoms with E-state index in [-0.39, 0.29) is 5.41 Å². The van der Waals surface area contributed by atoms with Crippen LogP contribution in [0.4, 0.5) is 5.69 Å². The van der Waals surface area contributed by atoms with Gasteiger partial charge in [-0.25, -0.2) is 0 Å². The molecule has 0 heterocycles. The van der Waals surface area contributed by atoms with Crippen molar-refractivity contribution in [3.05, 3.63) is 29.8 Å². The van der Waals surface area contributed by atoms with E-state index < -0.39 is 0 Å². The van der Waals surface area contributed by atoms with Crippen molar-refractivity contribution in [2.75, 3.05) is 18.0 Å². The van der Waals surface area contributed by atoms with Gasteiger partial charge in [0.2, 0.25) is 5.91 Å². The summed E-state index contributed by atoms with van der Waals surface area (Å²) < 4.78 is 0. The molecule has 2 rings (SSSR count). The SMILES string of the molecule is CCC1(C(=O)N(CCCN)c2ccc(C)cc2)CCCC1. The molecule has 0 saturated heterocycles. The fourth-order valence-electron chi connectivity index (χ4n) is 3.38. The topological polar surface area (TPSA) is 46.3 Å². The van der Waals surface area contributed by atoms with Gasteiger partial charge in [-0.15, -0.1) is 0 Å². The maximum atomic E-state index is 13.2. The fourth-order valence-corrected chi connectivity index (χ4v) is 3.38. The lowest BCUT2D eigenvalue weighted by molar-refractivity contribution is -0.128. The van der Waals surface area contributed by atoms with Gasteiger partial charge < -0.3 is 10.6 Å². The lowest BCUT2D eigenvalue weighted by Gasteiger charge is -2.34. The number of anilines is 1. The van der Waals surface area contributed by atoms with Crippen LogP contribution in [0.15, 0.2) is 24.3 Å². The lowest BCUT2D eigenvalue weighted by Crippen LogP contribution is -2.43. The first-order chi connectivity index (χ1) is 10.1. The van der Waals surface area contributed by atoms with Gasteiger partial charge in [-0.05, 0) is 51.3 Å². The van der Waals surface area contributed by atoms with Gasteiger partial charge in [0.05, 0.1) is 0 Å². The zero-order valence-corrected chi connectivity index (χ0v) is 13.4. The van der Waals surface area contributed by atoms with E-state index in [4.69, 9.17) is 5.73 Å². The summed E-state index contributed by atoms with van der Waals surface area (Å²) in [5.41, 5.74) is 7.75. The number of hydrogen-bond acceptors (Lipinski definition) is 2. The molecule has 3 heteroatoms. The Kier molecular flexibility index (Phi) is 5.40. The van der Waals surface area contributed by atoms with Crippen molar-refractivity contribution in [1.29, 1.82) is 0 Å². The second kappa shape index (κ2) is 7.08. The first-order valence-electron chi connectivity index (χ1n) is 8.21. The van der Waals surface area contributed by atoms with Crippen LogP contribution in [0.2, 0.25) is 0 Å². The molecule has 0 aliphatic heterocycles. The molecule has 1 aliphatic rings. The van der Waals surface area contributed by atoms with Crippen LogP contribution < -0.4 is 10.6 Å². The summed E-state index contributed by atoms with van der Waals surface area (Å²) >= 11 is 0. The number of hydrogen-bond donors (Lipinski definition) is 1. The minimum atomic E-state index is -0.139. The van der Waals surface area contributed by atoms with E-state index in [0.29, 0.717) is 12.5 Å². The first-order valence-corrected chi connectivity index (χ1v) is 8.21. The van der Waals surface area contributed by atoms with Crippen LogP contribution in [0.3, 0.4) is 0 Å². The van der Waals surface area contributed by atoms with Gasteiger partial charge in [-0.2, -0.15) is 0 Å². The highest BCUT2D eigenvalue weighted by molar-refractivity contribution is 5.97. The molecule has 1 aliphatic carbocycles. The Hall–Kier alpha value is -1.35. The summed E-state index contributed by atoms with van der Waals surface area (Å²) in [6.45, 7) is 5.56. The van der Waals surface area contributed by atoms with Crippen molar-refractivity contribution < 1.29 is 4.79 Å². The molecule has 2 N–H and O–H groups in total. The van der Waals surface area contributed by atoms with E-state index in [2.05, 4.69) is 38.1 Å². The zero-order chi connectivity index (χ0) is 15.3. The molecule has 1 aromatic rings. The monoisotopic (exact) mass is 288 g/mol. The standard InChI is InChI=1S/C18H28N2O/c1-3-18(11-4-5-12-18)17(21)20(14-6-13-19)16-9-7-15(2)8-10-16/h7-10H,3-6,11-14,19H2,1-2H3. The van der Waals surface area contributed by atoms with E-state index in [0.717, 1.165) is 37.9 Å². The van der Waals surface area contributed by atoms with Crippen molar-refractivity contribution in [3.8, 4) is 0 Å². The Morgan fingerprint density at radius 2 is 1.86 bits per heavy atom. The van der Waals surface area contributed by atoms with Crippen molar-refractivity contribution in [2.24, 2.45) is 11.1 Å². The molecule has 21 heavy (non-hydrogen) atoms. The molecular weight excluding hydrogens is 260 g/mol. The van der Waals surface area contributed by atoms with Gasteiger partial charge in [0.15, 0.2) is 0 Å². The van der Waals surface area contributed by atoms with Gasteiger partial charge in [0, 0.05) is 17.6 Å². The Morgan fingerprint density at radius 1 is 1.24 bits per heavy atom. The molecule has 0 spiro atoms. The number of rotatable bonds is 6. The minimum Gasteiger partial charge on any atom is -0.330 e. The Morgan fingerprint density at radius 3 is 2.38 bits per heavy atom. The molecule has 0 bridgehead atoms. The van der Waals surface area contributed by atoms with Crippen molar-refractivity contribution in [3.63, 3.8) is 0 Å². The third-order valence-corrected chi connectivity index (χ3v) is 4.87. The Bertz CT molecular complexity index is 461. The second-order valence-electron chi connectivity index (χ2n) is 6.28. The van der Waals surface area contributed by atoms with Crippen molar-refractivity contribution in [2.45, 2.75) is 52.4 Å². The van der Waals surface area contributed by atoms with Crippen LogP contribution in [-0.4, -0.2) is 19.0 Å². The lowest BCUT2D eigenvalue weighted by atomic mass is 9.81.